The summed E-state index contributed by atoms with van der Waals surface area (Å²) in [5.41, 5.74) is 2.18. The van der Waals surface area contributed by atoms with Crippen LogP contribution in [0.25, 0.3) is 0 Å². The van der Waals surface area contributed by atoms with Crippen molar-refractivity contribution in [2.45, 2.75) is 6.54 Å². The van der Waals surface area contributed by atoms with Gasteiger partial charge < -0.3 is 10.1 Å². The zero-order valence-corrected chi connectivity index (χ0v) is 13.8. The summed E-state index contributed by atoms with van der Waals surface area (Å²) in [6.45, 7) is 0.537. The lowest BCUT2D eigenvalue weighted by atomic mass is 10.2. The number of nitrogens with one attached hydrogen (secondary N) is 1. The molecule has 0 radical (unpaired) electrons. The van der Waals surface area contributed by atoms with Crippen molar-refractivity contribution < 1.29 is 9.13 Å². The highest BCUT2D eigenvalue weighted by Crippen LogP contribution is 2.22. The molecule has 0 bridgehead atoms. The maximum Gasteiger partial charge on any atom is 0.219 e. The largest absolute Gasteiger partial charge is 0.439 e. The van der Waals surface area contributed by atoms with Crippen molar-refractivity contribution in [1.29, 1.82) is 5.26 Å². The van der Waals surface area contributed by atoms with Gasteiger partial charge in [0, 0.05) is 30.6 Å². The van der Waals surface area contributed by atoms with Crippen LogP contribution in [0.4, 0.5) is 10.1 Å². The van der Waals surface area contributed by atoms with Gasteiger partial charge in [-0.25, -0.2) is 9.37 Å². The van der Waals surface area contributed by atoms with Gasteiger partial charge in [0.05, 0.1) is 10.6 Å². The average Bonchev–Trinajstić information content (AvgIpc) is 2.61. The number of hydrogen-bond acceptors (Lipinski definition) is 4. The van der Waals surface area contributed by atoms with Crippen LogP contribution in [0, 0.1) is 17.1 Å². The Bertz CT molecular complexity index is 923. The van der Waals surface area contributed by atoms with E-state index >= 15 is 0 Å². The highest BCUT2D eigenvalue weighted by molar-refractivity contribution is 6.32. The molecule has 0 saturated carbocycles. The van der Waals surface area contributed by atoms with Gasteiger partial charge in [-0.05, 0) is 35.9 Å². The second-order valence-corrected chi connectivity index (χ2v) is 5.63. The van der Waals surface area contributed by atoms with Crippen molar-refractivity contribution in [2.75, 3.05) is 5.32 Å². The number of rotatable bonds is 5. The number of halogens is 2. The number of ether oxygens (including phenoxy) is 1. The third-order valence-electron chi connectivity index (χ3n) is 3.40. The van der Waals surface area contributed by atoms with Crippen LogP contribution in [-0.2, 0) is 6.54 Å². The summed E-state index contributed by atoms with van der Waals surface area (Å²) in [5, 5.41) is 12.5. The molecule has 0 aliphatic heterocycles. The number of pyridine rings is 1. The van der Waals surface area contributed by atoms with Crippen LogP contribution in [0.3, 0.4) is 0 Å². The van der Waals surface area contributed by atoms with Gasteiger partial charge in [0.25, 0.3) is 0 Å². The topological polar surface area (TPSA) is 57.9 Å². The normalized spacial score (nSPS) is 10.1. The number of benzene rings is 2. The van der Waals surface area contributed by atoms with E-state index in [-0.39, 0.29) is 5.82 Å². The first-order chi connectivity index (χ1) is 12.1. The molecule has 0 fully saturated rings. The minimum Gasteiger partial charge on any atom is -0.439 e. The van der Waals surface area contributed by atoms with Crippen LogP contribution < -0.4 is 10.1 Å². The molecule has 0 aliphatic carbocycles. The molecular weight excluding hydrogens is 341 g/mol. The molecule has 0 unspecified atom stereocenters. The summed E-state index contributed by atoms with van der Waals surface area (Å²) >= 11 is 6.00. The third kappa shape index (κ3) is 4.46. The number of nitriles is 1. The Labute approximate surface area is 149 Å². The third-order valence-corrected chi connectivity index (χ3v) is 3.71. The summed E-state index contributed by atoms with van der Waals surface area (Å²) < 4.78 is 18.6. The summed E-state index contributed by atoms with van der Waals surface area (Å²) in [6.07, 6.45) is 1.67. The van der Waals surface area contributed by atoms with Gasteiger partial charge in [-0.2, -0.15) is 5.26 Å². The smallest absolute Gasteiger partial charge is 0.219 e. The molecule has 124 valence electrons. The van der Waals surface area contributed by atoms with Crippen molar-refractivity contribution in [3.63, 3.8) is 0 Å². The lowest BCUT2D eigenvalue weighted by molar-refractivity contribution is 0.458. The van der Waals surface area contributed by atoms with Gasteiger partial charge in [0.2, 0.25) is 5.88 Å². The van der Waals surface area contributed by atoms with E-state index in [1.165, 1.54) is 12.1 Å². The summed E-state index contributed by atoms with van der Waals surface area (Å²) in [7, 11) is 0. The summed E-state index contributed by atoms with van der Waals surface area (Å²) in [5.74, 6) is 0.417. The molecule has 1 aromatic heterocycles. The van der Waals surface area contributed by atoms with E-state index in [4.69, 9.17) is 21.6 Å². The molecule has 0 amide bonds. The van der Waals surface area contributed by atoms with Crippen molar-refractivity contribution >= 4 is 17.3 Å². The van der Waals surface area contributed by atoms with E-state index in [1.54, 1.807) is 42.6 Å². The number of hydrogen-bond donors (Lipinski definition) is 1. The van der Waals surface area contributed by atoms with Gasteiger partial charge in [0.1, 0.15) is 17.6 Å². The molecular formula is C19H13ClFN3O. The predicted octanol–water partition coefficient (Wildman–Crippen LogP) is 5.15. The highest BCUT2D eigenvalue weighted by Gasteiger charge is 2.03. The standard InChI is InChI=1S/C19H13ClFN3O/c20-18-9-16(6-5-14(18)10-22)23-11-13-4-7-19(24-12-13)25-17-3-1-2-15(21)8-17/h1-9,12,23H,11H2. The molecule has 0 atom stereocenters. The lowest BCUT2D eigenvalue weighted by Gasteiger charge is -2.08. The zero-order valence-electron chi connectivity index (χ0n) is 13.0. The second-order valence-electron chi connectivity index (χ2n) is 5.22. The minimum absolute atomic E-state index is 0.362. The lowest BCUT2D eigenvalue weighted by Crippen LogP contribution is -2.00. The molecule has 0 saturated heterocycles. The van der Waals surface area contributed by atoms with Gasteiger partial charge in [0.15, 0.2) is 0 Å². The Morgan fingerprint density at radius 1 is 1.16 bits per heavy atom. The maximum atomic E-state index is 13.1. The average molecular weight is 354 g/mol. The van der Waals surface area contributed by atoms with E-state index < -0.39 is 0 Å². The molecule has 4 nitrogen and oxygen atoms in total. The van der Waals surface area contributed by atoms with Gasteiger partial charge >= 0.3 is 0 Å². The fraction of sp³-hybridized carbons (Fsp3) is 0.0526. The highest BCUT2D eigenvalue weighted by atomic mass is 35.5. The first kappa shape index (κ1) is 16.7. The van der Waals surface area contributed by atoms with Crippen LogP contribution in [0.5, 0.6) is 11.6 Å². The molecule has 25 heavy (non-hydrogen) atoms. The Morgan fingerprint density at radius 2 is 2.04 bits per heavy atom. The van der Waals surface area contributed by atoms with Crippen molar-refractivity contribution in [3.8, 4) is 17.7 Å². The molecule has 3 aromatic rings. The SMILES string of the molecule is N#Cc1ccc(NCc2ccc(Oc3cccc(F)c3)nc2)cc1Cl. The molecule has 0 spiro atoms. The van der Waals surface area contributed by atoms with Crippen LogP contribution in [0.2, 0.25) is 5.02 Å². The van der Waals surface area contributed by atoms with Crippen LogP contribution in [-0.4, -0.2) is 4.98 Å². The molecule has 6 heteroatoms. The zero-order chi connectivity index (χ0) is 17.6. The Balaban J connectivity index is 1.61. The fourth-order valence-electron chi connectivity index (χ4n) is 2.15. The summed E-state index contributed by atoms with van der Waals surface area (Å²) in [6, 6.07) is 16.6. The van der Waals surface area contributed by atoms with Gasteiger partial charge in [-0.15, -0.1) is 0 Å². The molecule has 3 rings (SSSR count). The van der Waals surface area contributed by atoms with Crippen LogP contribution in [0.1, 0.15) is 11.1 Å². The van der Waals surface area contributed by atoms with E-state index in [0.717, 1.165) is 11.3 Å². The quantitative estimate of drug-likeness (QED) is 0.689. The first-order valence-corrected chi connectivity index (χ1v) is 7.84. The minimum atomic E-state index is -0.362. The molecule has 1 heterocycles. The van der Waals surface area contributed by atoms with Gasteiger partial charge in [-0.3, -0.25) is 0 Å². The van der Waals surface area contributed by atoms with Crippen LogP contribution >= 0.6 is 11.6 Å². The predicted molar refractivity (Wildman–Crippen MR) is 94.2 cm³/mol. The first-order valence-electron chi connectivity index (χ1n) is 7.46. The van der Waals surface area contributed by atoms with E-state index in [0.29, 0.717) is 28.8 Å². The number of anilines is 1. The van der Waals surface area contributed by atoms with E-state index in [1.807, 2.05) is 12.1 Å². The van der Waals surface area contributed by atoms with Crippen molar-refractivity contribution in [2.24, 2.45) is 0 Å². The monoisotopic (exact) mass is 353 g/mol. The fourth-order valence-corrected chi connectivity index (χ4v) is 2.37. The molecule has 2 aromatic carbocycles. The number of nitrogens with zero attached hydrogens (tertiary/aromatic N) is 2. The summed E-state index contributed by atoms with van der Waals surface area (Å²) in [4.78, 5) is 4.21. The molecule has 1 N–H and O–H groups in total. The Kier molecular flexibility index (Phi) is 5.12. The second kappa shape index (κ2) is 7.65. The molecule has 0 aliphatic rings. The number of aromatic nitrogens is 1. The maximum absolute atomic E-state index is 13.1. The Hall–Kier alpha value is -3.10. The van der Waals surface area contributed by atoms with Gasteiger partial charge in [-0.1, -0.05) is 23.7 Å². The Morgan fingerprint density at radius 3 is 2.72 bits per heavy atom. The van der Waals surface area contributed by atoms with Crippen LogP contribution in [0.15, 0.2) is 60.8 Å². The van der Waals surface area contributed by atoms with E-state index in [2.05, 4.69) is 10.3 Å². The van der Waals surface area contributed by atoms with E-state index in [9.17, 15) is 4.39 Å². The van der Waals surface area contributed by atoms with Crippen molar-refractivity contribution in [1.82, 2.24) is 4.98 Å². The van der Waals surface area contributed by atoms with Crippen molar-refractivity contribution in [3.05, 3.63) is 82.8 Å².